The Hall–Kier alpha value is -3.68. The smallest absolute Gasteiger partial charge is 0.335 e. The van der Waals surface area contributed by atoms with Gasteiger partial charge in [0.1, 0.15) is 12.4 Å². The van der Waals surface area contributed by atoms with Gasteiger partial charge in [-0.2, -0.15) is 0 Å². The molecule has 0 spiro atoms. The highest BCUT2D eigenvalue weighted by atomic mass is 35.5. The lowest BCUT2D eigenvalue weighted by Gasteiger charge is -2.09. The summed E-state index contributed by atoms with van der Waals surface area (Å²) in [6, 6.07) is 15.8. The summed E-state index contributed by atoms with van der Waals surface area (Å²) >= 11 is 7.76. The molecule has 0 atom stereocenters. The number of carboxylic acids is 1. The Labute approximate surface area is 203 Å². The van der Waals surface area contributed by atoms with Gasteiger partial charge >= 0.3 is 5.97 Å². The fourth-order valence-electron chi connectivity index (χ4n) is 3.75. The van der Waals surface area contributed by atoms with Crippen molar-refractivity contribution in [2.75, 3.05) is 0 Å². The van der Waals surface area contributed by atoms with Crippen LogP contribution >= 0.6 is 22.9 Å². The number of hydrogen-bond donors (Lipinski definition) is 1. The number of hydrogen-bond acceptors (Lipinski definition) is 5. The molecule has 0 bridgehead atoms. The molecule has 0 aliphatic carbocycles. The van der Waals surface area contributed by atoms with Gasteiger partial charge in [-0.05, 0) is 78.6 Å². The first-order valence-corrected chi connectivity index (χ1v) is 11.7. The third kappa shape index (κ3) is 4.04. The van der Waals surface area contributed by atoms with Crippen LogP contribution in [0.15, 0.2) is 59.4 Å². The monoisotopic (exact) mass is 490 g/mol. The van der Waals surface area contributed by atoms with Crippen molar-refractivity contribution < 1.29 is 14.6 Å². The molecule has 170 valence electrons. The number of fused-ring (bicyclic) bond motifs is 3. The summed E-state index contributed by atoms with van der Waals surface area (Å²) in [6.45, 7) is 4.24. The highest BCUT2D eigenvalue weighted by molar-refractivity contribution is 7.15. The standard InChI is InChI=1S/C26H19ClN2O4S/c1-14-8-20-21(9-15(14)2)29-24(30)23(34-26(29)28-20)12-16-6-7-22(19(27)11-16)33-13-17-4-3-5-18(10-17)25(31)32/h3-12H,13H2,1-2H3,(H,31,32)/b23-12-. The van der Waals surface area contributed by atoms with Gasteiger partial charge in [-0.25, -0.2) is 14.2 Å². The zero-order chi connectivity index (χ0) is 24.0. The average molecular weight is 491 g/mol. The molecule has 6 nitrogen and oxygen atoms in total. The first-order chi connectivity index (χ1) is 16.3. The molecule has 2 aromatic heterocycles. The second-order valence-corrected chi connectivity index (χ2v) is 9.47. The number of thiazole rings is 1. The van der Waals surface area contributed by atoms with Crippen LogP contribution in [0, 0.1) is 13.8 Å². The molecule has 0 radical (unpaired) electrons. The normalized spacial score (nSPS) is 12.0. The van der Waals surface area contributed by atoms with E-state index in [1.54, 1.807) is 40.8 Å². The van der Waals surface area contributed by atoms with Crippen LogP contribution in [0.2, 0.25) is 5.02 Å². The molecule has 0 unspecified atom stereocenters. The van der Waals surface area contributed by atoms with E-state index in [-0.39, 0.29) is 17.7 Å². The Morgan fingerprint density at radius 1 is 1.15 bits per heavy atom. The van der Waals surface area contributed by atoms with E-state index in [0.717, 1.165) is 33.3 Å². The molecule has 0 saturated heterocycles. The fraction of sp³-hybridized carbons (Fsp3) is 0.115. The Kier molecular flexibility index (Phi) is 5.59. The van der Waals surface area contributed by atoms with Crippen molar-refractivity contribution in [2.24, 2.45) is 0 Å². The van der Waals surface area contributed by atoms with E-state index in [9.17, 15) is 9.59 Å². The summed E-state index contributed by atoms with van der Waals surface area (Å²) in [5.74, 6) is -0.517. The molecule has 0 aliphatic rings. The Balaban J connectivity index is 1.43. The van der Waals surface area contributed by atoms with E-state index in [2.05, 4.69) is 4.98 Å². The SMILES string of the molecule is Cc1cc2nc3s/c(=C\c4ccc(OCc5cccc(C(=O)O)c5)c(Cl)c4)c(=O)n3c2cc1C. The first kappa shape index (κ1) is 22.1. The van der Waals surface area contributed by atoms with Crippen LogP contribution in [0.25, 0.3) is 22.1 Å². The van der Waals surface area contributed by atoms with E-state index in [1.165, 1.54) is 17.4 Å². The largest absolute Gasteiger partial charge is 0.487 e. The quantitative estimate of drug-likeness (QED) is 0.375. The van der Waals surface area contributed by atoms with Gasteiger partial charge < -0.3 is 9.84 Å². The lowest BCUT2D eigenvalue weighted by atomic mass is 10.1. The molecule has 5 aromatic rings. The lowest BCUT2D eigenvalue weighted by molar-refractivity contribution is 0.0696. The molecule has 2 heterocycles. The minimum Gasteiger partial charge on any atom is -0.487 e. The maximum absolute atomic E-state index is 13.1. The Morgan fingerprint density at radius 3 is 2.71 bits per heavy atom. The predicted molar refractivity (Wildman–Crippen MR) is 134 cm³/mol. The first-order valence-electron chi connectivity index (χ1n) is 10.5. The van der Waals surface area contributed by atoms with E-state index in [4.69, 9.17) is 21.4 Å². The second-order valence-electron chi connectivity index (χ2n) is 8.05. The number of halogens is 1. The number of ether oxygens (including phenoxy) is 1. The van der Waals surface area contributed by atoms with E-state index >= 15 is 0 Å². The van der Waals surface area contributed by atoms with Gasteiger partial charge in [0.25, 0.3) is 5.56 Å². The van der Waals surface area contributed by atoms with Crippen LogP contribution in [0.4, 0.5) is 0 Å². The number of benzene rings is 3. The van der Waals surface area contributed by atoms with E-state index in [0.29, 0.717) is 20.3 Å². The third-order valence-corrected chi connectivity index (χ3v) is 6.94. The van der Waals surface area contributed by atoms with Crippen molar-refractivity contribution in [3.8, 4) is 5.75 Å². The highest BCUT2D eigenvalue weighted by Crippen LogP contribution is 2.27. The van der Waals surface area contributed by atoms with Crippen LogP contribution in [-0.4, -0.2) is 20.5 Å². The van der Waals surface area contributed by atoms with Crippen molar-refractivity contribution in [3.05, 3.63) is 102 Å². The van der Waals surface area contributed by atoms with Gasteiger partial charge in [0.2, 0.25) is 0 Å². The number of aromatic nitrogens is 2. The molecule has 0 saturated carbocycles. The molecule has 1 N–H and O–H groups in total. The maximum Gasteiger partial charge on any atom is 0.335 e. The molecule has 0 amide bonds. The summed E-state index contributed by atoms with van der Waals surface area (Å²) in [6.07, 6.45) is 1.79. The molecular weight excluding hydrogens is 472 g/mol. The third-order valence-electron chi connectivity index (χ3n) is 5.68. The molecule has 0 aliphatic heterocycles. The predicted octanol–water partition coefficient (Wildman–Crippen LogP) is 5.00. The summed E-state index contributed by atoms with van der Waals surface area (Å²) in [7, 11) is 0. The van der Waals surface area contributed by atoms with Gasteiger partial charge in [-0.15, -0.1) is 0 Å². The van der Waals surface area contributed by atoms with E-state index < -0.39 is 5.97 Å². The lowest BCUT2D eigenvalue weighted by Crippen LogP contribution is -2.22. The number of rotatable bonds is 5. The number of nitrogens with zero attached hydrogens (tertiary/aromatic N) is 2. The van der Waals surface area contributed by atoms with Crippen molar-refractivity contribution in [1.82, 2.24) is 9.38 Å². The minimum absolute atomic E-state index is 0.111. The molecular formula is C26H19ClN2O4S. The van der Waals surface area contributed by atoms with Crippen molar-refractivity contribution in [3.63, 3.8) is 0 Å². The van der Waals surface area contributed by atoms with Crippen LogP contribution < -0.4 is 14.8 Å². The van der Waals surface area contributed by atoms with Crippen LogP contribution in [0.5, 0.6) is 5.75 Å². The highest BCUT2D eigenvalue weighted by Gasteiger charge is 2.13. The molecule has 5 rings (SSSR count). The zero-order valence-corrected chi connectivity index (χ0v) is 19.9. The van der Waals surface area contributed by atoms with Gasteiger partial charge in [-0.3, -0.25) is 4.79 Å². The number of carbonyl (C=O) groups is 1. The van der Waals surface area contributed by atoms with Crippen molar-refractivity contribution in [1.29, 1.82) is 0 Å². The van der Waals surface area contributed by atoms with Gasteiger partial charge in [-0.1, -0.05) is 41.1 Å². The minimum atomic E-state index is -0.989. The summed E-state index contributed by atoms with van der Waals surface area (Å²) < 4.78 is 8.00. The fourth-order valence-corrected chi connectivity index (χ4v) is 4.98. The summed E-state index contributed by atoms with van der Waals surface area (Å²) in [5, 5.41) is 9.52. The summed E-state index contributed by atoms with van der Waals surface area (Å²) in [5.41, 5.74) is 5.47. The van der Waals surface area contributed by atoms with Crippen LogP contribution in [-0.2, 0) is 6.61 Å². The maximum atomic E-state index is 13.1. The Bertz CT molecular complexity index is 1700. The molecule has 34 heavy (non-hydrogen) atoms. The van der Waals surface area contributed by atoms with E-state index in [1.807, 2.05) is 32.0 Å². The van der Waals surface area contributed by atoms with Gasteiger partial charge in [0.05, 0.1) is 26.2 Å². The zero-order valence-electron chi connectivity index (χ0n) is 18.3. The number of carboxylic acid groups (broad SMARTS) is 1. The van der Waals surface area contributed by atoms with Gasteiger partial charge in [0, 0.05) is 0 Å². The number of aromatic carboxylic acids is 1. The van der Waals surface area contributed by atoms with Crippen LogP contribution in [0.3, 0.4) is 0 Å². The molecule has 0 fully saturated rings. The number of aryl methyl sites for hydroxylation is 2. The molecule has 3 aromatic carbocycles. The topological polar surface area (TPSA) is 80.9 Å². The second kappa shape index (κ2) is 8.59. The Morgan fingerprint density at radius 2 is 1.94 bits per heavy atom. The van der Waals surface area contributed by atoms with Crippen LogP contribution in [0.1, 0.15) is 32.6 Å². The van der Waals surface area contributed by atoms with Crippen molar-refractivity contribution >= 4 is 51.0 Å². The number of imidazole rings is 1. The molecule has 8 heteroatoms. The average Bonchev–Trinajstić information content (AvgIpc) is 3.29. The van der Waals surface area contributed by atoms with Crippen molar-refractivity contribution in [2.45, 2.75) is 20.5 Å². The van der Waals surface area contributed by atoms with Gasteiger partial charge in [0.15, 0.2) is 4.96 Å². The summed E-state index contributed by atoms with van der Waals surface area (Å²) in [4.78, 5) is 29.5.